The van der Waals surface area contributed by atoms with Gasteiger partial charge in [0.1, 0.15) is 31.8 Å². The van der Waals surface area contributed by atoms with Crippen molar-refractivity contribution >= 4 is 17.9 Å². The smallest absolute Gasteiger partial charge is 0.114 e. The number of hydroxylamine groups is 4. The standard InChI is InChI=1S/C6H8O7.4C2H7NO.ClH/c7-3(8)1-6(13,5(11)12)2-4(9)10;4*1-2-3-4;/h13H,1-2H2,(H,7,8)(H,9,10)(H,11,12);4*3-4H,2H2,1H3;1H. The van der Waals surface area contributed by atoms with Crippen molar-refractivity contribution < 1.29 is 90.0 Å². The third kappa shape index (κ3) is 50.3. The van der Waals surface area contributed by atoms with Crippen LogP contribution in [0.4, 0.5) is 0 Å². The second kappa shape index (κ2) is 34.8. The number of carbonyl (C=O) groups is 3. The van der Waals surface area contributed by atoms with Crippen LogP contribution in [0.15, 0.2) is 0 Å². The summed E-state index contributed by atoms with van der Waals surface area (Å²) < 4.78 is 0. The minimum absolute atomic E-state index is 0. The highest BCUT2D eigenvalue weighted by Gasteiger charge is 2.29. The molecule has 0 aromatic rings. The van der Waals surface area contributed by atoms with Crippen LogP contribution < -0.4 is 49.6 Å². The summed E-state index contributed by atoms with van der Waals surface area (Å²) in [5.74, 6) is -5.98. The van der Waals surface area contributed by atoms with Crippen LogP contribution in [0.5, 0.6) is 0 Å². The van der Waals surface area contributed by atoms with Crippen molar-refractivity contribution in [2.75, 3.05) is 26.2 Å². The second-order valence-corrected chi connectivity index (χ2v) is 4.78. The maximum absolute atomic E-state index is 10.1. The number of rotatable bonds is 9. The number of hydrogen-bond acceptors (Lipinski definition) is 11. The first-order valence-electron chi connectivity index (χ1n) is 8.61. The molecule has 0 amide bonds. The molecule has 0 aromatic heterocycles. The van der Waals surface area contributed by atoms with E-state index in [-0.39, 0.29) is 12.4 Å². The summed E-state index contributed by atoms with van der Waals surface area (Å²) in [7, 11) is 0. The molecule has 0 fully saturated rings. The van der Waals surface area contributed by atoms with Gasteiger partial charge in [-0.25, -0.2) is 42.7 Å². The fraction of sp³-hybridized carbons (Fsp3) is 0.786. The normalized spacial score (nSPS) is 8.70. The van der Waals surface area contributed by atoms with E-state index in [0.717, 1.165) is 48.1 Å². The van der Waals surface area contributed by atoms with Gasteiger partial charge < -0.3 is 47.2 Å². The van der Waals surface area contributed by atoms with Gasteiger partial charge in [-0.3, -0.25) is 0 Å². The highest BCUT2D eigenvalue weighted by atomic mass is 35.5. The van der Waals surface area contributed by atoms with Crippen LogP contribution in [0.2, 0.25) is 0 Å². The Bertz CT molecular complexity index is 340. The van der Waals surface area contributed by atoms with E-state index >= 15 is 0 Å². The molecular weight excluding hydrogens is 436 g/mol. The summed E-state index contributed by atoms with van der Waals surface area (Å²) in [4.78, 5) is 30.0. The molecule has 0 aliphatic heterocycles. The van der Waals surface area contributed by atoms with Gasteiger partial charge in [0.15, 0.2) is 0 Å². The van der Waals surface area contributed by atoms with E-state index < -0.39 is 36.4 Å². The molecule has 13 N–H and O–H groups in total. The number of carbonyl (C=O) groups excluding carboxylic acids is 3. The molecule has 0 bridgehead atoms. The average Bonchev–Trinajstić information content (AvgIpc) is 2.67. The number of carboxylic acid groups (broad SMARTS) is 3. The van der Waals surface area contributed by atoms with Crippen LogP contribution in [0.3, 0.4) is 0 Å². The predicted molar refractivity (Wildman–Crippen MR) is 86.2 cm³/mol. The number of aliphatic hydroxyl groups is 1. The molecule has 0 atom stereocenters. The van der Waals surface area contributed by atoms with Gasteiger partial charge in [0.2, 0.25) is 0 Å². The van der Waals surface area contributed by atoms with Crippen molar-refractivity contribution in [3.63, 3.8) is 0 Å². The lowest BCUT2D eigenvalue weighted by molar-refractivity contribution is -0.884. The Morgan fingerprint density at radius 1 is 0.667 bits per heavy atom. The lowest BCUT2D eigenvalue weighted by atomic mass is 9.96. The van der Waals surface area contributed by atoms with Crippen molar-refractivity contribution in [1.29, 1.82) is 0 Å². The molecule has 0 rings (SSSR count). The van der Waals surface area contributed by atoms with Crippen molar-refractivity contribution in [1.82, 2.24) is 0 Å². The minimum Gasteiger partial charge on any atom is -1.00 e. The first-order chi connectivity index (χ1) is 13.4. The van der Waals surface area contributed by atoms with E-state index in [0.29, 0.717) is 0 Å². The third-order valence-corrected chi connectivity index (χ3v) is 1.98. The summed E-state index contributed by atoms with van der Waals surface area (Å²) in [6, 6.07) is 0. The first kappa shape index (κ1) is 42.4. The van der Waals surface area contributed by atoms with Gasteiger partial charge in [0.25, 0.3) is 0 Å². The number of nitrogens with two attached hydrogens (primary N) is 4. The molecule has 16 heteroatoms. The van der Waals surface area contributed by atoms with Gasteiger partial charge in [-0.2, -0.15) is 0 Å². The molecule has 0 saturated heterocycles. The summed E-state index contributed by atoms with van der Waals surface area (Å²) in [5, 5.41) is 69.9. The highest BCUT2D eigenvalue weighted by Crippen LogP contribution is 2.13. The van der Waals surface area contributed by atoms with E-state index in [9.17, 15) is 29.7 Å². The topological polar surface area (TPSA) is 288 Å². The molecule has 186 valence electrons. The van der Waals surface area contributed by atoms with Crippen molar-refractivity contribution in [3.8, 4) is 0 Å². The second-order valence-electron chi connectivity index (χ2n) is 4.78. The van der Waals surface area contributed by atoms with E-state index in [1.807, 2.05) is 27.7 Å². The lowest BCUT2D eigenvalue weighted by Gasteiger charge is -2.29. The maximum Gasteiger partial charge on any atom is 0.114 e. The number of quaternary nitrogens is 4. The molecule has 0 heterocycles. The maximum atomic E-state index is 10.1. The third-order valence-electron chi connectivity index (χ3n) is 1.98. The zero-order chi connectivity index (χ0) is 24.3. The van der Waals surface area contributed by atoms with Crippen molar-refractivity contribution in [3.05, 3.63) is 0 Å². The minimum atomic E-state index is -2.97. The van der Waals surface area contributed by atoms with E-state index in [2.05, 4.69) is 0 Å². The van der Waals surface area contributed by atoms with Crippen LogP contribution >= 0.6 is 0 Å². The molecule has 0 aliphatic carbocycles. The van der Waals surface area contributed by atoms with Crippen molar-refractivity contribution in [2.45, 2.75) is 46.1 Å². The van der Waals surface area contributed by atoms with Crippen LogP contribution in [-0.4, -0.2) is 75.6 Å². The monoisotopic (exact) mass is 472 g/mol. The van der Waals surface area contributed by atoms with Gasteiger partial charge in [-0.1, -0.05) is 0 Å². The molecular formula is C14H37ClN4O11. The zero-order valence-electron chi connectivity index (χ0n) is 17.6. The molecule has 30 heavy (non-hydrogen) atoms. The van der Waals surface area contributed by atoms with E-state index in [1.165, 1.54) is 0 Å². The molecule has 0 spiro atoms. The van der Waals surface area contributed by atoms with E-state index in [4.69, 9.17) is 25.9 Å². The molecule has 0 saturated carbocycles. The number of carboxylic acids is 3. The Labute approximate surface area is 181 Å². The molecule has 0 radical (unpaired) electrons. The summed E-state index contributed by atoms with van der Waals surface area (Å²) >= 11 is 0. The Morgan fingerprint density at radius 3 is 0.900 bits per heavy atom. The van der Waals surface area contributed by atoms with Crippen LogP contribution in [0, 0.1) is 0 Å². The summed E-state index contributed by atoms with van der Waals surface area (Å²) in [6.07, 6.45) is -2.72. The summed E-state index contributed by atoms with van der Waals surface area (Å²) in [5.41, 5.74) is 1.53. The predicted octanol–water partition coefficient (Wildman–Crippen LogP) is -12.4. The first-order valence-corrected chi connectivity index (χ1v) is 8.61. The van der Waals surface area contributed by atoms with Gasteiger partial charge >= 0.3 is 0 Å². The summed E-state index contributed by atoms with van der Waals surface area (Å²) in [6.45, 7) is 10.5. The Morgan fingerprint density at radius 2 is 0.833 bits per heavy atom. The average molecular weight is 473 g/mol. The van der Waals surface area contributed by atoms with Gasteiger partial charge in [-0.15, -0.1) is 0 Å². The van der Waals surface area contributed by atoms with Crippen LogP contribution in [0.25, 0.3) is 0 Å². The number of aliphatic carboxylic acids is 3. The fourth-order valence-electron chi connectivity index (χ4n) is 0.684. The van der Waals surface area contributed by atoms with Crippen LogP contribution in [-0.2, 0) is 14.4 Å². The molecule has 15 nitrogen and oxygen atoms in total. The van der Waals surface area contributed by atoms with E-state index in [1.54, 1.807) is 0 Å². The quantitative estimate of drug-likeness (QED) is 0.142. The Hall–Kier alpha value is -1.66. The zero-order valence-corrected chi connectivity index (χ0v) is 18.4. The Balaban J connectivity index is -0.0000000700. The molecule has 0 aliphatic rings. The van der Waals surface area contributed by atoms with Crippen LogP contribution in [0.1, 0.15) is 40.5 Å². The Kier molecular flexibility index (Phi) is 49.3. The fourth-order valence-corrected chi connectivity index (χ4v) is 0.684. The highest BCUT2D eigenvalue weighted by molar-refractivity contribution is 5.86. The molecule has 0 unspecified atom stereocenters. The van der Waals surface area contributed by atoms with Crippen molar-refractivity contribution in [2.24, 2.45) is 0 Å². The van der Waals surface area contributed by atoms with Gasteiger partial charge in [0.05, 0.1) is 5.97 Å². The largest absolute Gasteiger partial charge is 1.00 e. The number of hydrogen-bond donors (Lipinski definition) is 9. The molecule has 0 aromatic carbocycles. The number of halogens is 1. The SMILES string of the molecule is CC[NH2+]O.CC[NH2+]O.CC[NH2+]O.CC[NH2+]O.O=C([O-])CC(O)(CC(=O)[O-])C(=O)[O-].[Cl-]. The lowest BCUT2D eigenvalue weighted by Crippen LogP contribution is -3.00. The van der Waals surface area contributed by atoms with Gasteiger partial charge in [-0.05, 0) is 27.7 Å². The van der Waals surface area contributed by atoms with Gasteiger partial charge in [0, 0.05) is 24.8 Å².